The molecule has 0 aromatic carbocycles. The molecule has 0 aliphatic rings. The number of hydrogen-bond donors (Lipinski definition) is 2. The molecule has 0 aromatic rings. The highest BCUT2D eigenvalue weighted by molar-refractivity contribution is 5.80. The molecule has 0 fully saturated rings. The molecule has 0 spiro atoms. The van der Waals surface area contributed by atoms with Gasteiger partial charge in [-0.2, -0.15) is 0 Å². The number of primary amides is 1. The summed E-state index contributed by atoms with van der Waals surface area (Å²) < 4.78 is 0. The number of nitrogens with one attached hydrogen (secondary N) is 1. The molecule has 3 N–H and O–H groups in total. The lowest BCUT2D eigenvalue weighted by Gasteiger charge is -2.23. The molecule has 0 heterocycles. The predicted molar refractivity (Wildman–Crippen MR) is 67.3 cm³/mol. The average molecular weight is 230 g/mol. The zero-order valence-corrected chi connectivity index (χ0v) is 11.0. The summed E-state index contributed by atoms with van der Waals surface area (Å²) in [5.74, 6) is -0.277. The van der Waals surface area contributed by atoms with Crippen LogP contribution in [-0.4, -0.2) is 69.1 Å². The van der Waals surface area contributed by atoms with Crippen LogP contribution in [0.5, 0.6) is 0 Å². The van der Waals surface area contributed by atoms with Gasteiger partial charge in [0.2, 0.25) is 5.91 Å². The summed E-state index contributed by atoms with van der Waals surface area (Å²) in [4.78, 5) is 15.4. The molecule has 5 heteroatoms. The van der Waals surface area contributed by atoms with Crippen molar-refractivity contribution < 1.29 is 4.79 Å². The number of likely N-dealkylation sites (N-methyl/N-ethyl adjacent to an activating group) is 2. The van der Waals surface area contributed by atoms with Crippen molar-refractivity contribution in [1.82, 2.24) is 15.1 Å². The fourth-order valence-electron chi connectivity index (χ4n) is 1.56. The van der Waals surface area contributed by atoms with Crippen LogP contribution in [0.3, 0.4) is 0 Å². The number of amides is 1. The number of rotatable bonds is 9. The first kappa shape index (κ1) is 15.3. The molecule has 0 saturated carbocycles. The van der Waals surface area contributed by atoms with Crippen molar-refractivity contribution in [3.8, 4) is 0 Å². The second-order valence-electron chi connectivity index (χ2n) is 4.43. The fourth-order valence-corrected chi connectivity index (χ4v) is 1.56. The van der Waals surface area contributed by atoms with E-state index in [1.54, 1.807) is 0 Å². The lowest BCUT2D eigenvalue weighted by atomic mass is 10.2. The van der Waals surface area contributed by atoms with Crippen LogP contribution in [0.15, 0.2) is 0 Å². The molecule has 1 amide bonds. The molecule has 5 nitrogen and oxygen atoms in total. The van der Waals surface area contributed by atoms with E-state index in [-0.39, 0.29) is 11.9 Å². The molecule has 1 unspecified atom stereocenters. The Morgan fingerprint density at radius 2 is 1.94 bits per heavy atom. The summed E-state index contributed by atoms with van der Waals surface area (Å²) in [7, 11) is 6.14. The van der Waals surface area contributed by atoms with E-state index in [0.717, 1.165) is 26.1 Å². The van der Waals surface area contributed by atoms with E-state index in [4.69, 9.17) is 5.73 Å². The number of nitrogens with zero attached hydrogens (tertiary/aromatic N) is 2. The van der Waals surface area contributed by atoms with Crippen LogP contribution < -0.4 is 11.1 Å². The van der Waals surface area contributed by atoms with E-state index >= 15 is 0 Å². The van der Waals surface area contributed by atoms with Gasteiger partial charge in [0.15, 0.2) is 0 Å². The number of carbonyl (C=O) groups excluding carboxylic acids is 1. The smallest absolute Gasteiger partial charge is 0.235 e. The highest BCUT2D eigenvalue weighted by Gasteiger charge is 2.15. The Kier molecular flexibility index (Phi) is 8.15. The van der Waals surface area contributed by atoms with Gasteiger partial charge in [0.05, 0.1) is 6.04 Å². The second kappa shape index (κ2) is 8.50. The Labute approximate surface area is 99.0 Å². The van der Waals surface area contributed by atoms with Gasteiger partial charge in [-0.25, -0.2) is 0 Å². The minimum Gasteiger partial charge on any atom is -0.368 e. The van der Waals surface area contributed by atoms with Gasteiger partial charge in [-0.05, 0) is 47.2 Å². The Morgan fingerprint density at radius 3 is 2.38 bits per heavy atom. The summed E-state index contributed by atoms with van der Waals surface area (Å²) in [6.45, 7) is 5.46. The Balaban J connectivity index is 3.81. The maximum absolute atomic E-state index is 11.1. The number of hydrogen-bond acceptors (Lipinski definition) is 4. The predicted octanol–water partition coefficient (Wildman–Crippen LogP) is -0.667. The normalized spacial score (nSPS) is 13.4. The van der Waals surface area contributed by atoms with Crippen LogP contribution in [0.25, 0.3) is 0 Å². The molecule has 0 bridgehead atoms. The van der Waals surface area contributed by atoms with Crippen LogP contribution >= 0.6 is 0 Å². The SMILES string of the molecule is CCNC(CN(C)CCCN(C)C)C(N)=O. The maximum Gasteiger partial charge on any atom is 0.235 e. The van der Waals surface area contributed by atoms with Gasteiger partial charge in [0.25, 0.3) is 0 Å². The molecular formula is C11H26N4O. The van der Waals surface area contributed by atoms with Crippen LogP contribution in [0.1, 0.15) is 13.3 Å². The lowest BCUT2D eigenvalue weighted by molar-refractivity contribution is -0.120. The van der Waals surface area contributed by atoms with Gasteiger partial charge in [0.1, 0.15) is 0 Å². The average Bonchev–Trinajstić information content (AvgIpc) is 2.16. The molecule has 16 heavy (non-hydrogen) atoms. The molecule has 0 rings (SSSR count). The van der Waals surface area contributed by atoms with E-state index in [2.05, 4.69) is 29.2 Å². The minimum absolute atomic E-state index is 0.241. The summed E-state index contributed by atoms with van der Waals surface area (Å²) in [5, 5.41) is 3.09. The first-order valence-corrected chi connectivity index (χ1v) is 5.83. The first-order chi connectivity index (χ1) is 7.47. The Hall–Kier alpha value is -0.650. The third-order valence-electron chi connectivity index (χ3n) is 2.43. The third kappa shape index (κ3) is 7.62. The molecule has 0 radical (unpaired) electrons. The Bertz CT molecular complexity index is 196. The van der Waals surface area contributed by atoms with E-state index < -0.39 is 0 Å². The largest absolute Gasteiger partial charge is 0.368 e. The summed E-state index contributed by atoms with van der Waals surface area (Å²) >= 11 is 0. The summed E-state index contributed by atoms with van der Waals surface area (Å²) in [6, 6.07) is -0.241. The summed E-state index contributed by atoms with van der Waals surface area (Å²) in [6.07, 6.45) is 1.10. The lowest BCUT2D eigenvalue weighted by Crippen LogP contribution is -2.48. The first-order valence-electron chi connectivity index (χ1n) is 5.83. The fraction of sp³-hybridized carbons (Fsp3) is 0.909. The van der Waals surface area contributed by atoms with E-state index in [0.29, 0.717) is 6.54 Å². The topological polar surface area (TPSA) is 61.6 Å². The van der Waals surface area contributed by atoms with Gasteiger partial charge >= 0.3 is 0 Å². The minimum atomic E-state index is -0.277. The van der Waals surface area contributed by atoms with Crippen LogP contribution in [0.2, 0.25) is 0 Å². The molecule has 0 aromatic heterocycles. The maximum atomic E-state index is 11.1. The molecule has 96 valence electrons. The van der Waals surface area contributed by atoms with E-state index in [1.165, 1.54) is 0 Å². The zero-order chi connectivity index (χ0) is 12.6. The van der Waals surface area contributed by atoms with Crippen LogP contribution in [0, 0.1) is 0 Å². The molecular weight excluding hydrogens is 204 g/mol. The Morgan fingerprint density at radius 1 is 1.31 bits per heavy atom. The van der Waals surface area contributed by atoms with Crippen molar-refractivity contribution in [2.24, 2.45) is 5.73 Å². The number of carbonyl (C=O) groups is 1. The standard InChI is InChI=1S/C11H26N4O/c1-5-13-10(11(12)16)9-15(4)8-6-7-14(2)3/h10,13H,5-9H2,1-4H3,(H2,12,16). The number of nitrogens with two attached hydrogens (primary N) is 1. The van der Waals surface area contributed by atoms with Gasteiger partial charge in [-0.15, -0.1) is 0 Å². The molecule has 1 atom stereocenters. The molecule has 0 aliphatic carbocycles. The second-order valence-corrected chi connectivity index (χ2v) is 4.43. The zero-order valence-electron chi connectivity index (χ0n) is 11.0. The third-order valence-corrected chi connectivity index (χ3v) is 2.43. The van der Waals surface area contributed by atoms with E-state index in [1.807, 2.05) is 14.0 Å². The van der Waals surface area contributed by atoms with Gasteiger partial charge in [-0.3, -0.25) is 4.79 Å². The van der Waals surface area contributed by atoms with Crippen LogP contribution in [0.4, 0.5) is 0 Å². The van der Waals surface area contributed by atoms with Crippen molar-refractivity contribution in [1.29, 1.82) is 0 Å². The monoisotopic (exact) mass is 230 g/mol. The highest BCUT2D eigenvalue weighted by Crippen LogP contribution is 1.93. The van der Waals surface area contributed by atoms with Crippen molar-refractivity contribution in [3.63, 3.8) is 0 Å². The van der Waals surface area contributed by atoms with Crippen molar-refractivity contribution in [2.45, 2.75) is 19.4 Å². The van der Waals surface area contributed by atoms with Crippen molar-refractivity contribution in [3.05, 3.63) is 0 Å². The van der Waals surface area contributed by atoms with Gasteiger partial charge in [0, 0.05) is 6.54 Å². The van der Waals surface area contributed by atoms with E-state index in [9.17, 15) is 4.79 Å². The summed E-state index contributed by atoms with van der Waals surface area (Å²) in [5.41, 5.74) is 5.31. The molecule has 0 saturated heterocycles. The molecule has 0 aliphatic heterocycles. The quantitative estimate of drug-likeness (QED) is 0.552. The van der Waals surface area contributed by atoms with Crippen LogP contribution in [-0.2, 0) is 4.79 Å². The van der Waals surface area contributed by atoms with Gasteiger partial charge < -0.3 is 20.9 Å². The van der Waals surface area contributed by atoms with Gasteiger partial charge in [-0.1, -0.05) is 6.92 Å². The van der Waals surface area contributed by atoms with Crippen molar-refractivity contribution >= 4 is 5.91 Å². The van der Waals surface area contributed by atoms with Crippen molar-refractivity contribution in [2.75, 3.05) is 47.3 Å². The highest BCUT2D eigenvalue weighted by atomic mass is 16.1.